The second kappa shape index (κ2) is 7.13. The standard InChI is InChI=1S/C19H21F3N2O2/c1-13(25)24-10-8-14-5-2-3-7-16(14)17(24)11-18(26)23-9-4-6-15(12-23)19(20,21)22/h2-3,5,7-8,10,15,17H,4,6,9,11-12H2,1H3. The van der Waals surface area contributed by atoms with Crippen LogP contribution in [0.1, 0.15) is 43.4 Å². The van der Waals surface area contributed by atoms with E-state index in [1.807, 2.05) is 24.3 Å². The van der Waals surface area contributed by atoms with Crippen molar-refractivity contribution < 1.29 is 22.8 Å². The maximum Gasteiger partial charge on any atom is 0.393 e. The van der Waals surface area contributed by atoms with Crippen LogP contribution in [0, 0.1) is 5.92 Å². The van der Waals surface area contributed by atoms with Crippen molar-refractivity contribution in [2.45, 2.75) is 38.4 Å². The normalized spacial score (nSPS) is 22.9. The summed E-state index contributed by atoms with van der Waals surface area (Å²) in [6, 6.07) is 6.94. The summed E-state index contributed by atoms with van der Waals surface area (Å²) in [5, 5.41) is 0. The van der Waals surface area contributed by atoms with Gasteiger partial charge in [-0.2, -0.15) is 13.2 Å². The monoisotopic (exact) mass is 366 g/mol. The van der Waals surface area contributed by atoms with Gasteiger partial charge in [0.15, 0.2) is 0 Å². The Morgan fingerprint density at radius 1 is 1.23 bits per heavy atom. The highest BCUT2D eigenvalue weighted by atomic mass is 19.4. The Morgan fingerprint density at radius 2 is 1.96 bits per heavy atom. The molecule has 1 aromatic rings. The Labute approximate surface area is 150 Å². The van der Waals surface area contributed by atoms with Crippen molar-refractivity contribution in [2.75, 3.05) is 13.1 Å². The van der Waals surface area contributed by atoms with Crippen molar-refractivity contribution in [3.8, 4) is 0 Å². The number of carbonyl (C=O) groups is 2. The lowest BCUT2D eigenvalue weighted by molar-refractivity contribution is -0.188. The third-order valence-electron chi connectivity index (χ3n) is 5.07. The van der Waals surface area contributed by atoms with E-state index in [4.69, 9.17) is 0 Å². The number of likely N-dealkylation sites (tertiary alicyclic amines) is 1. The van der Waals surface area contributed by atoms with E-state index in [9.17, 15) is 22.8 Å². The summed E-state index contributed by atoms with van der Waals surface area (Å²) in [4.78, 5) is 27.4. The first-order valence-electron chi connectivity index (χ1n) is 8.68. The van der Waals surface area contributed by atoms with E-state index in [1.54, 1.807) is 12.3 Å². The molecular weight excluding hydrogens is 345 g/mol. The number of nitrogens with zero attached hydrogens (tertiary/aromatic N) is 2. The molecule has 26 heavy (non-hydrogen) atoms. The third-order valence-corrected chi connectivity index (χ3v) is 5.07. The fraction of sp³-hybridized carbons (Fsp3) is 0.474. The highest BCUT2D eigenvalue weighted by Gasteiger charge is 2.43. The molecule has 140 valence electrons. The highest BCUT2D eigenvalue weighted by Crippen LogP contribution is 2.36. The van der Waals surface area contributed by atoms with Crippen LogP contribution in [0.3, 0.4) is 0 Å². The van der Waals surface area contributed by atoms with Crippen LogP contribution in [-0.2, 0) is 9.59 Å². The van der Waals surface area contributed by atoms with Gasteiger partial charge in [-0.25, -0.2) is 0 Å². The third kappa shape index (κ3) is 3.76. The summed E-state index contributed by atoms with van der Waals surface area (Å²) in [7, 11) is 0. The maximum atomic E-state index is 13.0. The van der Waals surface area contributed by atoms with Gasteiger partial charge in [-0.15, -0.1) is 0 Å². The van der Waals surface area contributed by atoms with E-state index >= 15 is 0 Å². The van der Waals surface area contributed by atoms with Crippen LogP contribution >= 0.6 is 0 Å². The number of benzene rings is 1. The maximum absolute atomic E-state index is 13.0. The Hall–Kier alpha value is -2.31. The minimum atomic E-state index is -4.29. The number of piperidine rings is 1. The smallest absolute Gasteiger partial charge is 0.342 e. The molecule has 1 aromatic carbocycles. The van der Waals surface area contributed by atoms with Crippen LogP contribution in [0.25, 0.3) is 6.08 Å². The quantitative estimate of drug-likeness (QED) is 0.800. The molecule has 7 heteroatoms. The van der Waals surface area contributed by atoms with Crippen molar-refractivity contribution in [1.82, 2.24) is 9.80 Å². The Balaban J connectivity index is 1.78. The minimum Gasteiger partial charge on any atom is -0.342 e. The molecule has 0 bridgehead atoms. The molecule has 0 aromatic heterocycles. The Bertz CT molecular complexity index is 730. The molecule has 0 spiro atoms. The number of carbonyl (C=O) groups excluding carboxylic acids is 2. The van der Waals surface area contributed by atoms with E-state index in [-0.39, 0.29) is 31.2 Å². The summed E-state index contributed by atoms with van der Waals surface area (Å²) in [6.45, 7) is 1.44. The lowest BCUT2D eigenvalue weighted by atomic mass is 9.92. The van der Waals surface area contributed by atoms with Crippen molar-refractivity contribution in [2.24, 2.45) is 5.92 Å². The van der Waals surface area contributed by atoms with Crippen LogP contribution in [0.5, 0.6) is 0 Å². The van der Waals surface area contributed by atoms with Gasteiger partial charge < -0.3 is 9.80 Å². The first kappa shape index (κ1) is 18.5. The lowest BCUT2D eigenvalue weighted by Gasteiger charge is -2.37. The molecule has 2 atom stereocenters. The van der Waals surface area contributed by atoms with Crippen LogP contribution < -0.4 is 0 Å². The summed E-state index contributed by atoms with van der Waals surface area (Å²) >= 11 is 0. The summed E-state index contributed by atoms with van der Waals surface area (Å²) < 4.78 is 39.0. The van der Waals surface area contributed by atoms with Gasteiger partial charge in [-0.3, -0.25) is 9.59 Å². The topological polar surface area (TPSA) is 40.6 Å². The zero-order valence-electron chi connectivity index (χ0n) is 14.5. The number of hydrogen-bond donors (Lipinski definition) is 0. The van der Waals surface area contributed by atoms with E-state index in [0.29, 0.717) is 13.0 Å². The zero-order valence-corrected chi connectivity index (χ0v) is 14.5. The van der Waals surface area contributed by atoms with Gasteiger partial charge in [0.25, 0.3) is 0 Å². The van der Waals surface area contributed by atoms with Crippen molar-refractivity contribution in [3.05, 3.63) is 41.6 Å². The SMILES string of the molecule is CC(=O)N1C=Cc2ccccc2C1CC(=O)N1CCCC(C(F)(F)F)C1. The number of hydrogen-bond acceptors (Lipinski definition) is 2. The summed E-state index contributed by atoms with van der Waals surface area (Å²) in [5.74, 6) is -2.02. The van der Waals surface area contributed by atoms with Crippen LogP contribution in [-0.4, -0.2) is 40.9 Å². The number of rotatable bonds is 2. The average molecular weight is 366 g/mol. The van der Waals surface area contributed by atoms with Crippen LogP contribution in [0.2, 0.25) is 0 Å². The van der Waals surface area contributed by atoms with Gasteiger partial charge >= 0.3 is 6.18 Å². The number of halogens is 3. The van der Waals surface area contributed by atoms with Gasteiger partial charge in [-0.05, 0) is 30.0 Å². The number of fused-ring (bicyclic) bond motifs is 1. The van der Waals surface area contributed by atoms with Crippen molar-refractivity contribution >= 4 is 17.9 Å². The lowest BCUT2D eigenvalue weighted by Crippen LogP contribution is -2.45. The molecule has 1 saturated heterocycles. The van der Waals surface area contributed by atoms with Crippen LogP contribution in [0.15, 0.2) is 30.5 Å². The van der Waals surface area contributed by atoms with Gasteiger partial charge in [-0.1, -0.05) is 24.3 Å². The predicted molar refractivity (Wildman–Crippen MR) is 90.7 cm³/mol. The molecule has 0 aliphatic carbocycles. The van der Waals surface area contributed by atoms with E-state index in [1.165, 1.54) is 16.7 Å². The molecule has 1 fully saturated rings. The average Bonchev–Trinajstić information content (AvgIpc) is 2.61. The number of amides is 2. The fourth-order valence-electron chi connectivity index (χ4n) is 3.68. The molecule has 0 saturated carbocycles. The summed E-state index contributed by atoms with van der Waals surface area (Å²) in [5.41, 5.74) is 1.75. The molecule has 4 nitrogen and oxygen atoms in total. The molecule has 2 amide bonds. The molecule has 0 radical (unpaired) electrons. The molecule has 2 aliphatic heterocycles. The second-order valence-electron chi connectivity index (χ2n) is 6.81. The van der Waals surface area contributed by atoms with Crippen molar-refractivity contribution in [1.29, 1.82) is 0 Å². The largest absolute Gasteiger partial charge is 0.393 e. The Kier molecular flexibility index (Phi) is 5.07. The highest BCUT2D eigenvalue weighted by molar-refractivity contribution is 5.82. The zero-order chi connectivity index (χ0) is 18.9. The second-order valence-corrected chi connectivity index (χ2v) is 6.81. The molecular formula is C19H21F3N2O2. The van der Waals surface area contributed by atoms with Gasteiger partial charge in [0.2, 0.25) is 11.8 Å². The van der Waals surface area contributed by atoms with Gasteiger partial charge in [0.1, 0.15) is 0 Å². The fourth-order valence-corrected chi connectivity index (χ4v) is 3.68. The first-order chi connectivity index (χ1) is 12.3. The predicted octanol–water partition coefficient (Wildman–Crippen LogP) is 3.75. The molecule has 2 heterocycles. The summed E-state index contributed by atoms with van der Waals surface area (Å²) in [6.07, 6.45) is -0.471. The van der Waals surface area contributed by atoms with Crippen molar-refractivity contribution in [3.63, 3.8) is 0 Å². The van der Waals surface area contributed by atoms with E-state index in [2.05, 4.69) is 0 Å². The van der Waals surface area contributed by atoms with Crippen LogP contribution in [0.4, 0.5) is 13.2 Å². The molecule has 3 rings (SSSR count). The minimum absolute atomic E-state index is 0.0223. The Morgan fingerprint density at radius 3 is 2.65 bits per heavy atom. The van der Waals surface area contributed by atoms with Gasteiger partial charge in [0, 0.05) is 26.2 Å². The molecule has 2 aliphatic rings. The molecule has 2 unspecified atom stereocenters. The first-order valence-corrected chi connectivity index (χ1v) is 8.68. The van der Waals surface area contributed by atoms with E-state index in [0.717, 1.165) is 11.1 Å². The molecule has 0 N–H and O–H groups in total. The van der Waals surface area contributed by atoms with Gasteiger partial charge in [0.05, 0.1) is 18.4 Å². The number of alkyl halides is 3. The van der Waals surface area contributed by atoms with E-state index < -0.39 is 18.1 Å².